The molecule has 0 spiro atoms. The summed E-state index contributed by atoms with van der Waals surface area (Å²) < 4.78 is 26.7. The van der Waals surface area contributed by atoms with Gasteiger partial charge in [-0.05, 0) is 6.92 Å². The van der Waals surface area contributed by atoms with E-state index in [2.05, 4.69) is 0 Å². The molecule has 0 unspecified atom stereocenters. The van der Waals surface area contributed by atoms with Crippen LogP contribution in [0.3, 0.4) is 0 Å². The highest BCUT2D eigenvalue weighted by Gasteiger charge is 2.60. The van der Waals surface area contributed by atoms with Crippen molar-refractivity contribution >= 4 is 23.9 Å². The third-order valence-corrected chi connectivity index (χ3v) is 4.52. The van der Waals surface area contributed by atoms with Gasteiger partial charge in [-0.2, -0.15) is 0 Å². The molecule has 1 heterocycles. The Balaban J connectivity index is 2.62. The summed E-state index contributed by atoms with van der Waals surface area (Å²) in [6.45, 7) is 5.91. The zero-order valence-corrected chi connectivity index (χ0v) is 17.9. The molecule has 0 aliphatic carbocycles. The number of rotatable bonds is 6. The first-order valence-electron chi connectivity index (χ1n) is 9.56. The molecule has 31 heavy (non-hydrogen) atoms. The number of aryl methyl sites for hydroxylation is 1. The summed E-state index contributed by atoms with van der Waals surface area (Å²) in [6.07, 6.45) is -5.62. The van der Waals surface area contributed by atoms with E-state index in [0.717, 1.165) is 26.3 Å². The lowest BCUT2D eigenvalue weighted by molar-refractivity contribution is -0.360. The summed E-state index contributed by atoms with van der Waals surface area (Å²) in [4.78, 5) is 46.7. The standard InChI is InChI=1S/C21H26O10/c1-11-6-8-16(9-7-11)21(26)20(30-15(5)25)19(29-14(4)24)18(28-13(3)23)17(31-21)10-27-12(2)22/h6-9,17-20,26H,10H2,1-5H3/t17-,18-,19+,20-,21+/m1/s1. The molecule has 0 radical (unpaired) electrons. The van der Waals surface area contributed by atoms with Gasteiger partial charge in [0.25, 0.3) is 0 Å². The zero-order chi connectivity index (χ0) is 23.3. The van der Waals surface area contributed by atoms with Crippen molar-refractivity contribution in [3.63, 3.8) is 0 Å². The molecule has 0 aromatic heterocycles. The van der Waals surface area contributed by atoms with Gasteiger partial charge in [0.2, 0.25) is 11.9 Å². The minimum atomic E-state index is -2.30. The number of carbonyl (C=O) groups is 4. The lowest BCUT2D eigenvalue weighted by Gasteiger charge is -2.48. The molecule has 170 valence electrons. The van der Waals surface area contributed by atoms with E-state index in [0.29, 0.717) is 0 Å². The van der Waals surface area contributed by atoms with Gasteiger partial charge in [0.05, 0.1) is 0 Å². The van der Waals surface area contributed by atoms with Crippen molar-refractivity contribution in [2.75, 3.05) is 6.61 Å². The molecule has 1 N–H and O–H groups in total. The van der Waals surface area contributed by atoms with E-state index in [1.165, 1.54) is 6.92 Å². The van der Waals surface area contributed by atoms with Crippen LogP contribution in [0.25, 0.3) is 0 Å². The largest absolute Gasteiger partial charge is 0.463 e. The molecule has 1 aliphatic heterocycles. The van der Waals surface area contributed by atoms with Gasteiger partial charge in [0, 0.05) is 33.3 Å². The van der Waals surface area contributed by atoms with Crippen LogP contribution in [-0.4, -0.2) is 60.0 Å². The number of benzene rings is 1. The molecule has 0 saturated carbocycles. The van der Waals surface area contributed by atoms with Crippen molar-refractivity contribution in [3.05, 3.63) is 35.4 Å². The van der Waals surface area contributed by atoms with Gasteiger partial charge < -0.3 is 28.8 Å². The summed E-state index contributed by atoms with van der Waals surface area (Å²) in [7, 11) is 0. The van der Waals surface area contributed by atoms with Crippen molar-refractivity contribution in [1.82, 2.24) is 0 Å². The summed E-state index contributed by atoms with van der Waals surface area (Å²) in [5.74, 6) is -5.27. The van der Waals surface area contributed by atoms with E-state index >= 15 is 0 Å². The van der Waals surface area contributed by atoms with Gasteiger partial charge in [-0.3, -0.25) is 19.2 Å². The van der Waals surface area contributed by atoms with E-state index in [-0.39, 0.29) is 5.56 Å². The van der Waals surface area contributed by atoms with E-state index in [4.69, 9.17) is 23.7 Å². The molecule has 10 nitrogen and oxygen atoms in total. The Kier molecular flexibility index (Phi) is 7.75. The number of hydrogen-bond donors (Lipinski definition) is 1. The van der Waals surface area contributed by atoms with Crippen molar-refractivity contribution in [2.24, 2.45) is 0 Å². The maximum Gasteiger partial charge on any atom is 0.303 e. The van der Waals surface area contributed by atoms with Crippen LogP contribution in [-0.2, 0) is 48.6 Å². The molecule has 0 amide bonds. The summed E-state index contributed by atoms with van der Waals surface area (Å²) in [5, 5.41) is 11.5. The van der Waals surface area contributed by atoms with Crippen molar-refractivity contribution in [1.29, 1.82) is 0 Å². The fourth-order valence-electron chi connectivity index (χ4n) is 3.31. The van der Waals surface area contributed by atoms with E-state index in [1.807, 2.05) is 6.92 Å². The summed E-state index contributed by atoms with van der Waals surface area (Å²) in [6, 6.07) is 6.49. The Bertz CT molecular complexity index is 833. The second kappa shape index (κ2) is 9.88. The van der Waals surface area contributed by atoms with Crippen LogP contribution in [0, 0.1) is 6.92 Å². The van der Waals surface area contributed by atoms with Gasteiger partial charge in [0.1, 0.15) is 12.7 Å². The molecule has 0 bridgehead atoms. The van der Waals surface area contributed by atoms with Crippen LogP contribution in [0.5, 0.6) is 0 Å². The van der Waals surface area contributed by atoms with Crippen LogP contribution < -0.4 is 0 Å². The number of aliphatic hydroxyl groups is 1. The third-order valence-electron chi connectivity index (χ3n) is 4.52. The smallest absolute Gasteiger partial charge is 0.303 e. The van der Waals surface area contributed by atoms with Crippen LogP contribution in [0.1, 0.15) is 38.8 Å². The van der Waals surface area contributed by atoms with E-state index in [1.54, 1.807) is 24.3 Å². The van der Waals surface area contributed by atoms with Gasteiger partial charge in [-0.15, -0.1) is 0 Å². The number of esters is 4. The quantitative estimate of drug-likeness (QED) is 0.504. The number of hydrogen-bond acceptors (Lipinski definition) is 10. The SMILES string of the molecule is CC(=O)OC[C@H]1O[C@@](O)(c2ccc(C)cc2)[C@H](OC(C)=O)[C@@H](OC(C)=O)[C@@H]1OC(C)=O. The van der Waals surface area contributed by atoms with Crippen molar-refractivity contribution < 1.29 is 48.0 Å². The summed E-state index contributed by atoms with van der Waals surface area (Å²) in [5.41, 5.74) is 1.08. The topological polar surface area (TPSA) is 135 Å². The molecule has 1 fully saturated rings. The molecule has 2 rings (SSSR count). The third kappa shape index (κ3) is 6.02. The van der Waals surface area contributed by atoms with Gasteiger partial charge >= 0.3 is 23.9 Å². The average Bonchev–Trinajstić information content (AvgIpc) is 2.65. The van der Waals surface area contributed by atoms with Crippen LogP contribution in [0.2, 0.25) is 0 Å². The predicted octanol–water partition coefficient (Wildman–Crippen LogP) is 0.897. The molecule has 5 atom stereocenters. The van der Waals surface area contributed by atoms with Gasteiger partial charge in [-0.25, -0.2) is 0 Å². The Morgan fingerprint density at radius 2 is 1.39 bits per heavy atom. The molecular weight excluding hydrogens is 412 g/mol. The molecule has 1 aromatic carbocycles. The highest BCUT2D eigenvalue weighted by molar-refractivity contribution is 5.69. The molecule has 10 heteroatoms. The zero-order valence-electron chi connectivity index (χ0n) is 17.9. The first-order valence-corrected chi connectivity index (χ1v) is 9.56. The maximum atomic E-state index is 11.8. The van der Waals surface area contributed by atoms with Gasteiger partial charge in [0.15, 0.2) is 12.2 Å². The Hall–Kier alpha value is -2.98. The molecule has 1 saturated heterocycles. The molecular formula is C21H26O10. The van der Waals surface area contributed by atoms with Crippen LogP contribution in [0.15, 0.2) is 24.3 Å². The Morgan fingerprint density at radius 3 is 1.87 bits per heavy atom. The predicted molar refractivity (Wildman–Crippen MR) is 103 cm³/mol. The fourth-order valence-corrected chi connectivity index (χ4v) is 3.31. The van der Waals surface area contributed by atoms with Crippen molar-refractivity contribution in [2.45, 2.75) is 64.8 Å². The normalized spacial score (nSPS) is 27.7. The maximum absolute atomic E-state index is 11.8. The first kappa shape index (κ1) is 24.3. The first-order chi connectivity index (χ1) is 14.4. The summed E-state index contributed by atoms with van der Waals surface area (Å²) >= 11 is 0. The average molecular weight is 438 g/mol. The van der Waals surface area contributed by atoms with Crippen molar-refractivity contribution in [3.8, 4) is 0 Å². The molecule has 1 aliphatic rings. The Labute approximate surface area is 179 Å². The highest BCUT2D eigenvalue weighted by atomic mass is 16.7. The fraction of sp³-hybridized carbons (Fsp3) is 0.524. The molecule has 1 aromatic rings. The van der Waals surface area contributed by atoms with Crippen LogP contribution in [0.4, 0.5) is 0 Å². The number of carbonyl (C=O) groups excluding carboxylic acids is 4. The second-order valence-corrected chi connectivity index (χ2v) is 7.20. The lowest BCUT2D eigenvalue weighted by atomic mass is 9.87. The second-order valence-electron chi connectivity index (χ2n) is 7.20. The Morgan fingerprint density at radius 1 is 0.871 bits per heavy atom. The monoisotopic (exact) mass is 438 g/mol. The van der Waals surface area contributed by atoms with Gasteiger partial charge in [-0.1, -0.05) is 29.8 Å². The van der Waals surface area contributed by atoms with Crippen LogP contribution >= 0.6 is 0 Å². The minimum absolute atomic E-state index is 0.190. The minimum Gasteiger partial charge on any atom is -0.463 e. The van der Waals surface area contributed by atoms with E-state index in [9.17, 15) is 24.3 Å². The highest BCUT2D eigenvalue weighted by Crippen LogP contribution is 2.40. The van der Waals surface area contributed by atoms with E-state index < -0.39 is 60.7 Å². The number of ether oxygens (including phenoxy) is 5. The lowest BCUT2D eigenvalue weighted by Crippen LogP contribution is -2.66.